The maximum atomic E-state index is 11.9. The van der Waals surface area contributed by atoms with Gasteiger partial charge in [0.1, 0.15) is 5.78 Å². The molecular weight excluding hydrogens is 314 g/mol. The molecule has 0 radical (unpaired) electrons. The summed E-state index contributed by atoms with van der Waals surface area (Å²) in [5.41, 5.74) is 1.84. The number of carbonyl (C=O) groups excluding carboxylic acids is 1. The average molecular weight is 325 g/mol. The highest BCUT2D eigenvalue weighted by Crippen LogP contribution is 2.16. The molecule has 0 aliphatic carbocycles. The van der Waals surface area contributed by atoms with Crippen LogP contribution in [0, 0.1) is 0 Å². The first-order valence-electron chi connectivity index (χ1n) is 5.49. The largest absolute Gasteiger partial charge is 0.299 e. The van der Waals surface area contributed by atoms with E-state index < -0.39 is 0 Å². The highest BCUT2D eigenvalue weighted by atomic mass is 79.9. The smallest absolute Gasteiger partial charge is 0.141 e. The number of halogens is 2. The summed E-state index contributed by atoms with van der Waals surface area (Å²) in [5.74, 6) is 0.144. The SMILES string of the molecule is O=C(Cc1ccc(Br)cc1)Cc1ccncc1Cl. The first kappa shape index (κ1) is 13.2. The van der Waals surface area contributed by atoms with Crippen molar-refractivity contribution in [1.82, 2.24) is 4.98 Å². The zero-order valence-electron chi connectivity index (χ0n) is 9.57. The van der Waals surface area contributed by atoms with Gasteiger partial charge in [-0.25, -0.2) is 0 Å². The molecule has 0 N–H and O–H groups in total. The van der Waals surface area contributed by atoms with E-state index >= 15 is 0 Å². The first-order chi connectivity index (χ1) is 8.65. The molecule has 0 fully saturated rings. The molecule has 1 heterocycles. The molecule has 1 aromatic carbocycles. The highest BCUT2D eigenvalue weighted by Gasteiger charge is 2.08. The Bertz CT molecular complexity index is 554. The zero-order chi connectivity index (χ0) is 13.0. The third-order valence-corrected chi connectivity index (χ3v) is 3.43. The number of hydrogen-bond donors (Lipinski definition) is 0. The van der Waals surface area contributed by atoms with Gasteiger partial charge in [0.2, 0.25) is 0 Å². The molecule has 0 saturated heterocycles. The van der Waals surface area contributed by atoms with E-state index in [4.69, 9.17) is 11.6 Å². The molecule has 2 aromatic rings. The minimum Gasteiger partial charge on any atom is -0.299 e. The number of nitrogens with zero attached hydrogens (tertiary/aromatic N) is 1. The minimum absolute atomic E-state index is 0.144. The van der Waals surface area contributed by atoms with Crippen LogP contribution in [0.1, 0.15) is 11.1 Å². The summed E-state index contributed by atoms with van der Waals surface area (Å²) in [5, 5.41) is 0.543. The maximum absolute atomic E-state index is 11.9. The van der Waals surface area contributed by atoms with E-state index in [1.54, 1.807) is 18.5 Å². The molecule has 0 unspecified atom stereocenters. The van der Waals surface area contributed by atoms with Gasteiger partial charge in [0.25, 0.3) is 0 Å². The molecule has 4 heteroatoms. The average Bonchev–Trinajstić information content (AvgIpc) is 2.35. The van der Waals surface area contributed by atoms with Crippen molar-refractivity contribution in [2.75, 3.05) is 0 Å². The Morgan fingerprint density at radius 1 is 1.17 bits per heavy atom. The second-order valence-electron chi connectivity index (χ2n) is 3.99. The maximum Gasteiger partial charge on any atom is 0.141 e. The van der Waals surface area contributed by atoms with Crippen molar-refractivity contribution in [3.05, 3.63) is 63.3 Å². The second-order valence-corrected chi connectivity index (χ2v) is 5.31. The third kappa shape index (κ3) is 3.65. The van der Waals surface area contributed by atoms with Crippen LogP contribution in [0.15, 0.2) is 47.2 Å². The molecule has 0 saturated carbocycles. The Hall–Kier alpha value is -1.19. The lowest BCUT2D eigenvalue weighted by molar-refractivity contribution is -0.117. The lowest BCUT2D eigenvalue weighted by Crippen LogP contribution is -2.07. The molecule has 0 aliphatic rings. The van der Waals surface area contributed by atoms with Crippen LogP contribution in [0.5, 0.6) is 0 Å². The molecule has 2 nitrogen and oxygen atoms in total. The molecule has 18 heavy (non-hydrogen) atoms. The predicted molar refractivity (Wildman–Crippen MR) is 75.8 cm³/mol. The van der Waals surface area contributed by atoms with Crippen LogP contribution in [-0.2, 0) is 17.6 Å². The number of aromatic nitrogens is 1. The molecule has 0 bridgehead atoms. The standard InChI is InChI=1S/C14H11BrClNO/c15-12-3-1-10(2-4-12)7-13(18)8-11-5-6-17-9-14(11)16/h1-6,9H,7-8H2. The fourth-order valence-electron chi connectivity index (χ4n) is 1.65. The topological polar surface area (TPSA) is 30.0 Å². The summed E-state index contributed by atoms with van der Waals surface area (Å²) < 4.78 is 1.01. The normalized spacial score (nSPS) is 10.3. The zero-order valence-corrected chi connectivity index (χ0v) is 11.9. The van der Waals surface area contributed by atoms with Gasteiger partial charge in [-0.15, -0.1) is 0 Å². The Morgan fingerprint density at radius 3 is 2.56 bits per heavy atom. The van der Waals surface area contributed by atoms with Gasteiger partial charge in [0, 0.05) is 29.7 Å². The van der Waals surface area contributed by atoms with Crippen LogP contribution in [0.2, 0.25) is 5.02 Å². The lowest BCUT2D eigenvalue weighted by Gasteiger charge is -2.03. The molecule has 0 aliphatic heterocycles. The van der Waals surface area contributed by atoms with Crippen molar-refractivity contribution in [2.45, 2.75) is 12.8 Å². The summed E-state index contributed by atoms with van der Waals surface area (Å²) >= 11 is 9.34. The molecular formula is C14H11BrClNO. The van der Waals surface area contributed by atoms with E-state index in [0.717, 1.165) is 15.6 Å². The fraction of sp³-hybridized carbons (Fsp3) is 0.143. The van der Waals surface area contributed by atoms with Crippen molar-refractivity contribution in [2.24, 2.45) is 0 Å². The van der Waals surface area contributed by atoms with E-state index in [0.29, 0.717) is 17.9 Å². The van der Waals surface area contributed by atoms with Gasteiger partial charge in [0.15, 0.2) is 0 Å². The summed E-state index contributed by atoms with van der Waals surface area (Å²) in [7, 11) is 0. The Labute approximate surface area is 119 Å². The van der Waals surface area contributed by atoms with E-state index in [1.165, 1.54) is 0 Å². The van der Waals surface area contributed by atoms with E-state index in [-0.39, 0.29) is 5.78 Å². The molecule has 2 rings (SSSR count). The van der Waals surface area contributed by atoms with E-state index in [2.05, 4.69) is 20.9 Å². The van der Waals surface area contributed by atoms with E-state index in [9.17, 15) is 4.79 Å². The summed E-state index contributed by atoms with van der Waals surface area (Å²) in [6, 6.07) is 9.53. The van der Waals surface area contributed by atoms with Crippen molar-refractivity contribution >= 4 is 33.3 Å². The van der Waals surface area contributed by atoms with Gasteiger partial charge >= 0.3 is 0 Å². The number of carbonyl (C=O) groups is 1. The van der Waals surface area contributed by atoms with Gasteiger partial charge in [-0.1, -0.05) is 39.7 Å². The first-order valence-corrected chi connectivity index (χ1v) is 6.67. The number of ketones is 1. The minimum atomic E-state index is 0.144. The third-order valence-electron chi connectivity index (χ3n) is 2.56. The number of pyridine rings is 1. The predicted octanol–water partition coefficient (Wildman–Crippen LogP) is 3.85. The van der Waals surface area contributed by atoms with Gasteiger partial charge in [-0.2, -0.15) is 0 Å². The van der Waals surface area contributed by atoms with Crippen molar-refractivity contribution in [3.8, 4) is 0 Å². The summed E-state index contributed by atoms with van der Waals surface area (Å²) in [4.78, 5) is 15.8. The lowest BCUT2D eigenvalue weighted by atomic mass is 10.0. The molecule has 0 amide bonds. The van der Waals surface area contributed by atoms with Crippen LogP contribution in [-0.4, -0.2) is 10.8 Å². The van der Waals surface area contributed by atoms with Gasteiger partial charge in [0.05, 0.1) is 5.02 Å². The van der Waals surface area contributed by atoms with Crippen molar-refractivity contribution in [3.63, 3.8) is 0 Å². The quantitative estimate of drug-likeness (QED) is 0.855. The van der Waals surface area contributed by atoms with Crippen LogP contribution in [0.4, 0.5) is 0 Å². The molecule has 0 spiro atoms. The summed E-state index contributed by atoms with van der Waals surface area (Å²) in [6.45, 7) is 0. The van der Waals surface area contributed by atoms with Crippen LogP contribution >= 0.6 is 27.5 Å². The molecule has 92 valence electrons. The molecule has 1 aromatic heterocycles. The monoisotopic (exact) mass is 323 g/mol. The van der Waals surface area contributed by atoms with Crippen molar-refractivity contribution in [1.29, 1.82) is 0 Å². The summed E-state index contributed by atoms with van der Waals surface area (Å²) in [6.07, 6.45) is 3.97. The van der Waals surface area contributed by atoms with Crippen molar-refractivity contribution < 1.29 is 4.79 Å². The Morgan fingerprint density at radius 2 is 1.89 bits per heavy atom. The van der Waals surface area contributed by atoms with Crippen LogP contribution in [0.25, 0.3) is 0 Å². The second kappa shape index (κ2) is 6.12. The Kier molecular flexibility index (Phi) is 4.50. The van der Waals surface area contributed by atoms with Gasteiger partial charge in [-0.3, -0.25) is 9.78 Å². The molecule has 0 atom stereocenters. The van der Waals surface area contributed by atoms with Gasteiger partial charge < -0.3 is 0 Å². The van der Waals surface area contributed by atoms with Crippen LogP contribution in [0.3, 0.4) is 0 Å². The number of benzene rings is 1. The number of rotatable bonds is 4. The Balaban J connectivity index is 2.01. The number of hydrogen-bond acceptors (Lipinski definition) is 2. The van der Waals surface area contributed by atoms with E-state index in [1.807, 2.05) is 24.3 Å². The van der Waals surface area contributed by atoms with Crippen LogP contribution < -0.4 is 0 Å². The fourth-order valence-corrected chi connectivity index (χ4v) is 2.10. The number of Topliss-reactive ketones (excluding diaryl/α,β-unsaturated/α-hetero) is 1. The van der Waals surface area contributed by atoms with Gasteiger partial charge in [-0.05, 0) is 29.3 Å². The highest BCUT2D eigenvalue weighted by molar-refractivity contribution is 9.10.